The molecule has 2 heteroatoms. The van der Waals surface area contributed by atoms with Crippen molar-refractivity contribution in [3.63, 3.8) is 0 Å². The highest BCUT2D eigenvalue weighted by molar-refractivity contribution is 5.75. The van der Waals surface area contributed by atoms with Crippen molar-refractivity contribution in [3.8, 4) is 24.0 Å². The molecule has 0 atom stereocenters. The monoisotopic (exact) mass is 434 g/mol. The molecule has 0 amide bonds. The van der Waals surface area contributed by atoms with Crippen molar-refractivity contribution in [1.29, 1.82) is 10.5 Å². The van der Waals surface area contributed by atoms with Crippen LogP contribution in [0.5, 0.6) is 0 Å². The van der Waals surface area contributed by atoms with Gasteiger partial charge in [0, 0.05) is 17.6 Å². The van der Waals surface area contributed by atoms with E-state index in [0.717, 1.165) is 33.4 Å². The fourth-order valence-corrected chi connectivity index (χ4v) is 3.72. The summed E-state index contributed by atoms with van der Waals surface area (Å²) in [5.74, 6) is 6.81. The van der Waals surface area contributed by atoms with E-state index in [1.54, 1.807) is 0 Å². The van der Waals surface area contributed by atoms with Gasteiger partial charge < -0.3 is 0 Å². The molecule has 4 aromatic rings. The maximum Gasteiger partial charge on any atom is 0.0991 e. The van der Waals surface area contributed by atoms with Crippen molar-refractivity contribution in [2.45, 2.75) is 12.8 Å². The lowest BCUT2D eigenvalue weighted by atomic mass is 9.90. The fourth-order valence-electron chi connectivity index (χ4n) is 3.72. The normalized spacial score (nSPS) is 10.8. The quantitative estimate of drug-likeness (QED) is 0.327. The van der Waals surface area contributed by atoms with Crippen LogP contribution >= 0.6 is 0 Å². The summed E-state index contributed by atoms with van der Waals surface area (Å²) in [6.45, 7) is 0. The second-order valence-corrected chi connectivity index (χ2v) is 7.91. The first-order valence-electron chi connectivity index (χ1n) is 11.1. The Labute approximate surface area is 201 Å². The van der Waals surface area contributed by atoms with E-state index >= 15 is 0 Å². The number of hydrogen-bond acceptors (Lipinski definition) is 2. The Hall–Kier alpha value is -4.84. The molecular formula is C32H22N2. The first-order valence-corrected chi connectivity index (χ1v) is 11.1. The smallest absolute Gasteiger partial charge is 0.0991 e. The van der Waals surface area contributed by atoms with E-state index in [2.05, 4.69) is 36.1 Å². The van der Waals surface area contributed by atoms with Gasteiger partial charge in [0.2, 0.25) is 0 Å². The summed E-state index contributed by atoms with van der Waals surface area (Å²) < 4.78 is 0. The Bertz CT molecular complexity index is 1420. The Morgan fingerprint density at radius 3 is 1.56 bits per heavy atom. The van der Waals surface area contributed by atoms with Crippen molar-refractivity contribution < 1.29 is 0 Å². The lowest BCUT2D eigenvalue weighted by molar-refractivity contribution is 1.17. The molecule has 4 rings (SSSR count). The molecule has 0 bridgehead atoms. The van der Waals surface area contributed by atoms with Crippen molar-refractivity contribution in [3.05, 3.63) is 148 Å². The third-order valence-corrected chi connectivity index (χ3v) is 5.55. The minimum atomic E-state index is 0.644. The van der Waals surface area contributed by atoms with Gasteiger partial charge in [0.15, 0.2) is 0 Å². The molecule has 0 aliphatic rings. The van der Waals surface area contributed by atoms with Gasteiger partial charge in [-0.25, -0.2) is 0 Å². The molecule has 0 spiro atoms. The standard InChI is InChI=1S/C32H22N2/c33-23-28-15-11-26(12-16-28)21-31(20-19-25-7-3-1-4-8-25)32(30-9-5-2-6-10-30)22-27-13-17-29(24-34)18-14-27/h1-18H,21-22H2/b32-31-. The molecule has 0 radical (unpaired) electrons. The Kier molecular flexibility index (Phi) is 7.33. The fraction of sp³-hybridized carbons (Fsp3) is 0.0625. The van der Waals surface area contributed by atoms with E-state index in [0.29, 0.717) is 24.0 Å². The molecule has 0 aromatic heterocycles. The van der Waals surface area contributed by atoms with Gasteiger partial charge in [0.05, 0.1) is 23.3 Å². The molecule has 0 heterocycles. The third kappa shape index (κ3) is 5.89. The van der Waals surface area contributed by atoms with E-state index in [1.165, 1.54) is 0 Å². The van der Waals surface area contributed by atoms with E-state index in [4.69, 9.17) is 10.5 Å². The largest absolute Gasteiger partial charge is 0.192 e. The molecule has 0 N–H and O–H groups in total. The first-order chi connectivity index (χ1) is 16.7. The number of nitrogens with zero attached hydrogens (tertiary/aromatic N) is 2. The minimum Gasteiger partial charge on any atom is -0.192 e. The van der Waals surface area contributed by atoms with E-state index in [9.17, 15) is 0 Å². The summed E-state index contributed by atoms with van der Waals surface area (Å²) in [6, 6.07) is 40.1. The number of benzene rings is 4. The summed E-state index contributed by atoms with van der Waals surface area (Å²) in [7, 11) is 0. The van der Waals surface area contributed by atoms with Crippen LogP contribution < -0.4 is 0 Å². The number of rotatable bonds is 5. The third-order valence-electron chi connectivity index (χ3n) is 5.55. The summed E-state index contributed by atoms with van der Waals surface area (Å²) in [5, 5.41) is 18.3. The van der Waals surface area contributed by atoms with Crippen LogP contribution in [0, 0.1) is 34.5 Å². The molecule has 2 nitrogen and oxygen atoms in total. The van der Waals surface area contributed by atoms with Gasteiger partial charge in [0.1, 0.15) is 0 Å². The van der Waals surface area contributed by atoms with Gasteiger partial charge in [-0.3, -0.25) is 0 Å². The molecule has 4 aromatic carbocycles. The SMILES string of the molecule is N#Cc1ccc(C/C(C#Cc2ccccc2)=C(/Cc2ccc(C#N)cc2)c2ccccc2)cc1. The summed E-state index contributed by atoms with van der Waals surface area (Å²) in [5.41, 5.74) is 7.79. The highest BCUT2D eigenvalue weighted by Gasteiger charge is 2.11. The zero-order valence-electron chi connectivity index (χ0n) is 18.7. The Morgan fingerprint density at radius 2 is 1.03 bits per heavy atom. The Morgan fingerprint density at radius 1 is 0.529 bits per heavy atom. The van der Waals surface area contributed by atoms with Crippen LogP contribution in [0.25, 0.3) is 5.57 Å². The molecule has 0 fully saturated rings. The van der Waals surface area contributed by atoms with Crippen molar-refractivity contribution in [2.24, 2.45) is 0 Å². The van der Waals surface area contributed by atoms with E-state index < -0.39 is 0 Å². The van der Waals surface area contributed by atoms with Crippen LogP contribution in [-0.4, -0.2) is 0 Å². The number of hydrogen-bond donors (Lipinski definition) is 0. The minimum absolute atomic E-state index is 0.644. The zero-order valence-corrected chi connectivity index (χ0v) is 18.7. The van der Waals surface area contributed by atoms with E-state index in [-0.39, 0.29) is 0 Å². The van der Waals surface area contributed by atoms with Crippen LogP contribution in [0.1, 0.15) is 33.4 Å². The molecule has 0 unspecified atom stereocenters. The van der Waals surface area contributed by atoms with Crippen LogP contribution in [0.2, 0.25) is 0 Å². The topological polar surface area (TPSA) is 47.6 Å². The van der Waals surface area contributed by atoms with Crippen molar-refractivity contribution in [2.75, 3.05) is 0 Å². The number of allylic oxidation sites excluding steroid dienone is 2. The average Bonchev–Trinajstić information content (AvgIpc) is 2.91. The maximum atomic E-state index is 9.16. The summed E-state index contributed by atoms with van der Waals surface area (Å²) in [6.07, 6.45) is 1.36. The van der Waals surface area contributed by atoms with Crippen LogP contribution in [0.4, 0.5) is 0 Å². The van der Waals surface area contributed by atoms with Crippen LogP contribution in [0.3, 0.4) is 0 Å². The molecule has 160 valence electrons. The highest BCUT2D eigenvalue weighted by atomic mass is 14.2. The van der Waals surface area contributed by atoms with Crippen LogP contribution in [-0.2, 0) is 12.8 Å². The van der Waals surface area contributed by atoms with Crippen LogP contribution in [0.15, 0.2) is 115 Å². The predicted molar refractivity (Wildman–Crippen MR) is 136 cm³/mol. The second kappa shape index (κ2) is 11.2. The molecular weight excluding hydrogens is 412 g/mol. The van der Waals surface area contributed by atoms with Gasteiger partial charge in [0.25, 0.3) is 0 Å². The second-order valence-electron chi connectivity index (χ2n) is 7.91. The molecule has 34 heavy (non-hydrogen) atoms. The first kappa shape index (κ1) is 22.4. The maximum absolute atomic E-state index is 9.16. The summed E-state index contributed by atoms with van der Waals surface area (Å²) in [4.78, 5) is 0. The summed E-state index contributed by atoms with van der Waals surface area (Å²) >= 11 is 0. The Balaban J connectivity index is 1.83. The molecule has 0 saturated heterocycles. The lowest BCUT2D eigenvalue weighted by Crippen LogP contribution is -1.99. The molecule has 0 saturated carbocycles. The molecule has 0 aliphatic heterocycles. The zero-order chi connectivity index (χ0) is 23.6. The van der Waals surface area contributed by atoms with E-state index in [1.807, 2.05) is 97.1 Å². The highest BCUT2D eigenvalue weighted by Crippen LogP contribution is 2.26. The van der Waals surface area contributed by atoms with Gasteiger partial charge >= 0.3 is 0 Å². The van der Waals surface area contributed by atoms with Crippen molar-refractivity contribution >= 4 is 5.57 Å². The molecule has 0 aliphatic carbocycles. The lowest BCUT2D eigenvalue weighted by Gasteiger charge is -2.14. The average molecular weight is 435 g/mol. The van der Waals surface area contributed by atoms with Gasteiger partial charge in [-0.1, -0.05) is 84.6 Å². The van der Waals surface area contributed by atoms with Crippen molar-refractivity contribution in [1.82, 2.24) is 0 Å². The predicted octanol–water partition coefficient (Wildman–Crippen LogP) is 6.72. The van der Waals surface area contributed by atoms with Gasteiger partial charge in [-0.15, -0.1) is 0 Å². The van der Waals surface area contributed by atoms with Gasteiger partial charge in [-0.2, -0.15) is 10.5 Å². The number of nitriles is 2. The van der Waals surface area contributed by atoms with Gasteiger partial charge in [-0.05, 0) is 65.1 Å².